The molecule has 2 heterocycles. The smallest absolute Gasteiger partial charge is 0.154 e. The van der Waals surface area contributed by atoms with Crippen LogP contribution in [0.1, 0.15) is 12.6 Å². The van der Waals surface area contributed by atoms with Crippen LogP contribution in [0.3, 0.4) is 0 Å². The fourth-order valence-corrected chi connectivity index (χ4v) is 1.67. The van der Waals surface area contributed by atoms with Crippen molar-refractivity contribution in [1.82, 2.24) is 14.8 Å². The standard InChI is InChI=1S/C10H8ClN3/c1-3-4-8-7-5-6-12-10(11)9(7)14(2)13-8/h5-6H,1-2H3. The van der Waals surface area contributed by atoms with Crippen molar-refractivity contribution in [3.63, 3.8) is 0 Å². The molecule has 0 saturated heterocycles. The van der Waals surface area contributed by atoms with Crippen LogP contribution in [0.5, 0.6) is 0 Å². The lowest BCUT2D eigenvalue weighted by molar-refractivity contribution is 0.791. The number of hydrogen-bond donors (Lipinski definition) is 0. The Balaban J connectivity index is 2.88. The summed E-state index contributed by atoms with van der Waals surface area (Å²) in [4.78, 5) is 4.00. The maximum atomic E-state index is 5.96. The lowest BCUT2D eigenvalue weighted by Gasteiger charge is -1.94. The normalized spacial score (nSPS) is 9.93. The van der Waals surface area contributed by atoms with Gasteiger partial charge in [-0.1, -0.05) is 17.5 Å². The molecule has 0 atom stereocenters. The molecule has 0 amide bonds. The first-order valence-electron chi connectivity index (χ1n) is 4.14. The van der Waals surface area contributed by atoms with E-state index in [-0.39, 0.29) is 0 Å². The quantitative estimate of drug-likeness (QED) is 0.487. The fraction of sp³-hybridized carbons (Fsp3) is 0.200. The molecule has 3 nitrogen and oxygen atoms in total. The Labute approximate surface area is 86.7 Å². The van der Waals surface area contributed by atoms with Gasteiger partial charge in [-0.15, -0.1) is 0 Å². The molecule has 0 aromatic carbocycles. The van der Waals surface area contributed by atoms with Gasteiger partial charge in [-0.25, -0.2) is 4.98 Å². The van der Waals surface area contributed by atoms with E-state index in [4.69, 9.17) is 11.6 Å². The molecule has 14 heavy (non-hydrogen) atoms. The van der Waals surface area contributed by atoms with Crippen LogP contribution in [-0.4, -0.2) is 14.8 Å². The number of fused-ring (bicyclic) bond motifs is 1. The Morgan fingerprint density at radius 3 is 3.00 bits per heavy atom. The van der Waals surface area contributed by atoms with E-state index >= 15 is 0 Å². The van der Waals surface area contributed by atoms with Gasteiger partial charge in [-0.05, 0) is 18.9 Å². The maximum absolute atomic E-state index is 5.96. The Bertz CT molecular complexity index is 545. The molecule has 0 saturated carbocycles. The van der Waals surface area contributed by atoms with Crippen LogP contribution >= 0.6 is 11.6 Å². The lowest BCUT2D eigenvalue weighted by Crippen LogP contribution is -1.90. The van der Waals surface area contributed by atoms with Crippen molar-refractivity contribution in [2.45, 2.75) is 6.92 Å². The van der Waals surface area contributed by atoms with Crippen molar-refractivity contribution >= 4 is 22.5 Å². The summed E-state index contributed by atoms with van der Waals surface area (Å²) in [7, 11) is 1.83. The van der Waals surface area contributed by atoms with Crippen molar-refractivity contribution in [3.8, 4) is 11.8 Å². The lowest BCUT2D eigenvalue weighted by atomic mass is 10.2. The third-order valence-electron chi connectivity index (χ3n) is 1.95. The van der Waals surface area contributed by atoms with Gasteiger partial charge in [0.05, 0.1) is 0 Å². The van der Waals surface area contributed by atoms with E-state index in [1.54, 1.807) is 17.8 Å². The highest BCUT2D eigenvalue weighted by atomic mass is 35.5. The van der Waals surface area contributed by atoms with E-state index in [0.717, 1.165) is 16.6 Å². The highest BCUT2D eigenvalue weighted by molar-refractivity contribution is 6.33. The van der Waals surface area contributed by atoms with Gasteiger partial charge in [0.15, 0.2) is 5.15 Å². The van der Waals surface area contributed by atoms with Gasteiger partial charge in [0.1, 0.15) is 11.2 Å². The monoisotopic (exact) mass is 205 g/mol. The molecule has 70 valence electrons. The molecule has 0 aliphatic heterocycles. The molecule has 0 fully saturated rings. The van der Waals surface area contributed by atoms with Crippen LogP contribution < -0.4 is 0 Å². The third-order valence-corrected chi connectivity index (χ3v) is 2.23. The minimum atomic E-state index is 0.460. The zero-order valence-corrected chi connectivity index (χ0v) is 8.63. The van der Waals surface area contributed by atoms with Crippen LogP contribution in [0.2, 0.25) is 5.15 Å². The highest BCUT2D eigenvalue weighted by Gasteiger charge is 2.09. The van der Waals surface area contributed by atoms with Gasteiger partial charge in [0, 0.05) is 18.6 Å². The first-order valence-corrected chi connectivity index (χ1v) is 4.52. The van der Waals surface area contributed by atoms with E-state index in [1.165, 1.54) is 0 Å². The van der Waals surface area contributed by atoms with E-state index in [9.17, 15) is 0 Å². The van der Waals surface area contributed by atoms with Gasteiger partial charge in [0.25, 0.3) is 0 Å². The molecule has 0 bridgehead atoms. The SMILES string of the molecule is CC#Cc1nn(C)c2c(Cl)nccc12. The summed E-state index contributed by atoms with van der Waals surface area (Å²) in [6.45, 7) is 1.78. The summed E-state index contributed by atoms with van der Waals surface area (Å²) in [5, 5.41) is 5.66. The Morgan fingerprint density at radius 2 is 2.29 bits per heavy atom. The molecule has 0 radical (unpaired) electrons. The largest absolute Gasteiger partial charge is 0.264 e. The number of hydrogen-bond acceptors (Lipinski definition) is 2. The molecule has 0 aliphatic rings. The fourth-order valence-electron chi connectivity index (χ4n) is 1.39. The van der Waals surface area contributed by atoms with Crippen molar-refractivity contribution < 1.29 is 0 Å². The van der Waals surface area contributed by atoms with E-state index in [0.29, 0.717) is 5.15 Å². The zero-order chi connectivity index (χ0) is 10.1. The summed E-state index contributed by atoms with van der Waals surface area (Å²) >= 11 is 5.96. The molecular formula is C10H8ClN3. The van der Waals surface area contributed by atoms with Crippen molar-refractivity contribution in [2.24, 2.45) is 7.05 Å². The number of halogens is 1. The topological polar surface area (TPSA) is 30.7 Å². The molecule has 2 aromatic rings. The predicted octanol–water partition coefficient (Wildman–Crippen LogP) is 1.99. The van der Waals surface area contributed by atoms with Gasteiger partial charge in [0.2, 0.25) is 0 Å². The first kappa shape index (κ1) is 9.04. The second kappa shape index (κ2) is 3.32. The van der Waals surface area contributed by atoms with Crippen molar-refractivity contribution in [1.29, 1.82) is 0 Å². The molecule has 2 aromatic heterocycles. The van der Waals surface area contributed by atoms with Crippen LogP contribution in [0.15, 0.2) is 12.3 Å². The Kier molecular flexibility index (Phi) is 2.14. The Hall–Kier alpha value is -1.53. The average Bonchev–Trinajstić information content (AvgIpc) is 2.46. The minimum absolute atomic E-state index is 0.460. The molecule has 4 heteroatoms. The molecule has 0 unspecified atom stereocenters. The molecule has 2 rings (SSSR count). The zero-order valence-electron chi connectivity index (χ0n) is 7.87. The molecule has 0 N–H and O–H groups in total. The maximum Gasteiger partial charge on any atom is 0.154 e. The first-order chi connectivity index (χ1) is 6.74. The van der Waals surface area contributed by atoms with Gasteiger partial charge >= 0.3 is 0 Å². The third kappa shape index (κ3) is 1.24. The highest BCUT2D eigenvalue weighted by Crippen LogP contribution is 2.22. The number of nitrogens with zero attached hydrogens (tertiary/aromatic N) is 3. The van der Waals surface area contributed by atoms with Crippen molar-refractivity contribution in [2.75, 3.05) is 0 Å². The molecule has 0 aliphatic carbocycles. The van der Waals surface area contributed by atoms with Crippen LogP contribution in [0.4, 0.5) is 0 Å². The summed E-state index contributed by atoms with van der Waals surface area (Å²) < 4.78 is 1.70. The van der Waals surface area contributed by atoms with Crippen molar-refractivity contribution in [3.05, 3.63) is 23.1 Å². The number of aromatic nitrogens is 3. The Morgan fingerprint density at radius 1 is 1.50 bits per heavy atom. The minimum Gasteiger partial charge on any atom is -0.264 e. The van der Waals surface area contributed by atoms with E-state index in [2.05, 4.69) is 21.9 Å². The second-order valence-corrected chi connectivity index (χ2v) is 3.20. The van der Waals surface area contributed by atoms with Crippen LogP contribution in [-0.2, 0) is 7.05 Å². The predicted molar refractivity (Wildman–Crippen MR) is 56.1 cm³/mol. The summed E-state index contributed by atoms with van der Waals surface area (Å²) in [6.07, 6.45) is 1.66. The second-order valence-electron chi connectivity index (χ2n) is 2.85. The van der Waals surface area contributed by atoms with E-state index < -0.39 is 0 Å². The molecular weight excluding hydrogens is 198 g/mol. The summed E-state index contributed by atoms with van der Waals surface area (Å²) in [6, 6.07) is 1.87. The van der Waals surface area contributed by atoms with Crippen LogP contribution in [0.25, 0.3) is 10.9 Å². The van der Waals surface area contributed by atoms with Gasteiger partial charge < -0.3 is 0 Å². The number of aryl methyl sites for hydroxylation is 1. The summed E-state index contributed by atoms with van der Waals surface area (Å²) in [5.74, 6) is 5.75. The van der Waals surface area contributed by atoms with Gasteiger partial charge in [-0.2, -0.15) is 5.10 Å². The molecule has 0 spiro atoms. The number of rotatable bonds is 0. The van der Waals surface area contributed by atoms with E-state index in [1.807, 2.05) is 13.1 Å². The number of pyridine rings is 1. The summed E-state index contributed by atoms with van der Waals surface area (Å²) in [5.41, 5.74) is 1.57. The van der Waals surface area contributed by atoms with Gasteiger partial charge in [-0.3, -0.25) is 4.68 Å². The average molecular weight is 206 g/mol. The van der Waals surface area contributed by atoms with Crippen LogP contribution in [0, 0.1) is 11.8 Å².